The minimum atomic E-state index is -0.314. The fraction of sp³-hybridized carbons (Fsp3) is 0.240. The molecule has 0 radical (unpaired) electrons. The van der Waals surface area contributed by atoms with E-state index in [1.807, 2.05) is 29.2 Å². The van der Waals surface area contributed by atoms with Gasteiger partial charge in [0.15, 0.2) is 5.84 Å². The maximum Gasteiger partial charge on any atom is 0.245 e. The van der Waals surface area contributed by atoms with Gasteiger partial charge in [0.2, 0.25) is 5.91 Å². The fourth-order valence-corrected chi connectivity index (χ4v) is 4.50. The molecule has 0 spiro atoms. The Hall–Kier alpha value is -4.14. The molecule has 5 rings (SSSR count). The molecule has 3 N–H and O–H groups in total. The van der Waals surface area contributed by atoms with E-state index in [2.05, 4.69) is 17.1 Å². The van der Waals surface area contributed by atoms with Gasteiger partial charge in [0.1, 0.15) is 23.0 Å². The Morgan fingerprint density at radius 1 is 1.18 bits per heavy atom. The molecule has 1 saturated heterocycles. The van der Waals surface area contributed by atoms with Gasteiger partial charge < -0.3 is 20.8 Å². The Balaban J connectivity index is 1.46. The predicted molar refractivity (Wildman–Crippen MR) is 126 cm³/mol. The van der Waals surface area contributed by atoms with Crippen LogP contribution in [0.3, 0.4) is 0 Å². The Bertz CT molecular complexity index is 1250. The van der Waals surface area contributed by atoms with Gasteiger partial charge in [-0.2, -0.15) is 10.2 Å². The zero-order valence-electron chi connectivity index (χ0n) is 18.6. The number of benzene rings is 2. The van der Waals surface area contributed by atoms with Crippen LogP contribution in [0.15, 0.2) is 66.3 Å². The molecule has 1 fully saturated rings. The molecule has 0 aliphatic carbocycles. The van der Waals surface area contributed by atoms with Crippen molar-refractivity contribution < 1.29 is 13.9 Å². The summed E-state index contributed by atoms with van der Waals surface area (Å²) in [5.41, 5.74) is 12.7. The van der Waals surface area contributed by atoms with Gasteiger partial charge >= 0.3 is 0 Å². The summed E-state index contributed by atoms with van der Waals surface area (Å²) in [5.74, 6) is 1.25. The number of nitrogens with two attached hydrogens (primary N) is 1. The quantitative estimate of drug-likeness (QED) is 0.569. The number of carbonyl (C=O) groups excluding carboxylic acids is 1. The van der Waals surface area contributed by atoms with Gasteiger partial charge in [-0.25, -0.2) is 9.07 Å². The average Bonchev–Trinajstić information content (AvgIpc) is 3.26. The first-order valence-electron chi connectivity index (χ1n) is 11.2. The third-order valence-electron chi connectivity index (χ3n) is 6.14. The summed E-state index contributed by atoms with van der Waals surface area (Å²) < 4.78 is 20.7. The highest BCUT2D eigenvalue weighted by Crippen LogP contribution is 2.33. The summed E-state index contributed by atoms with van der Waals surface area (Å²) in [6.07, 6.45) is 3.20. The van der Waals surface area contributed by atoms with Crippen molar-refractivity contribution in [2.24, 2.45) is 10.8 Å². The van der Waals surface area contributed by atoms with Crippen LogP contribution >= 0.6 is 0 Å². The van der Waals surface area contributed by atoms with Crippen LogP contribution in [0.1, 0.15) is 35.7 Å². The molecular formula is C25H25FN6O2. The SMILES string of the molecule is C=CC(=O)N1CCC[C@H](c2nn(-c3ccc(Oc4ccc(F)cc4)cc3)c3c2CNN=C3N)C1. The molecule has 0 bridgehead atoms. The molecule has 34 heavy (non-hydrogen) atoms. The number of hydrazone groups is 1. The van der Waals surface area contributed by atoms with E-state index < -0.39 is 0 Å². The van der Waals surface area contributed by atoms with E-state index in [0.29, 0.717) is 30.4 Å². The molecular weight excluding hydrogens is 435 g/mol. The van der Waals surface area contributed by atoms with Crippen molar-refractivity contribution in [3.05, 3.63) is 84.0 Å². The van der Waals surface area contributed by atoms with Gasteiger partial charge in [0.25, 0.3) is 0 Å². The van der Waals surface area contributed by atoms with E-state index in [1.165, 1.54) is 18.2 Å². The van der Waals surface area contributed by atoms with Crippen LogP contribution in [0.4, 0.5) is 4.39 Å². The van der Waals surface area contributed by atoms with Gasteiger partial charge in [-0.15, -0.1) is 0 Å². The third-order valence-corrected chi connectivity index (χ3v) is 6.14. The molecule has 1 amide bonds. The van der Waals surface area contributed by atoms with Crippen LogP contribution in [0, 0.1) is 5.82 Å². The number of hydrogen-bond donors (Lipinski definition) is 2. The van der Waals surface area contributed by atoms with Crippen LogP contribution in [-0.4, -0.2) is 39.5 Å². The number of halogens is 1. The molecule has 3 aromatic rings. The molecule has 2 aliphatic heterocycles. The van der Waals surface area contributed by atoms with Gasteiger partial charge in [0.05, 0.1) is 17.9 Å². The van der Waals surface area contributed by atoms with E-state index >= 15 is 0 Å². The number of aromatic nitrogens is 2. The second-order valence-electron chi connectivity index (χ2n) is 8.33. The zero-order chi connectivity index (χ0) is 23.7. The number of amides is 1. The number of rotatable bonds is 5. The van der Waals surface area contributed by atoms with Crippen molar-refractivity contribution in [2.75, 3.05) is 13.1 Å². The van der Waals surface area contributed by atoms with E-state index in [1.54, 1.807) is 16.8 Å². The monoisotopic (exact) mass is 460 g/mol. The van der Waals surface area contributed by atoms with E-state index in [4.69, 9.17) is 15.6 Å². The highest BCUT2D eigenvalue weighted by atomic mass is 19.1. The number of carbonyl (C=O) groups is 1. The summed E-state index contributed by atoms with van der Waals surface area (Å²) in [6, 6.07) is 13.3. The first-order chi connectivity index (χ1) is 16.5. The summed E-state index contributed by atoms with van der Waals surface area (Å²) in [7, 11) is 0. The van der Waals surface area contributed by atoms with Crippen LogP contribution in [0.5, 0.6) is 11.5 Å². The van der Waals surface area contributed by atoms with Crippen molar-refractivity contribution >= 4 is 11.7 Å². The maximum atomic E-state index is 13.1. The summed E-state index contributed by atoms with van der Waals surface area (Å²) >= 11 is 0. The number of piperidine rings is 1. The van der Waals surface area contributed by atoms with Gasteiger partial charge in [-0.1, -0.05) is 6.58 Å². The lowest BCUT2D eigenvalue weighted by Gasteiger charge is -2.31. The van der Waals surface area contributed by atoms with Crippen LogP contribution in [0.25, 0.3) is 5.69 Å². The van der Waals surface area contributed by atoms with Crippen LogP contribution in [0.2, 0.25) is 0 Å². The van der Waals surface area contributed by atoms with Gasteiger partial charge in [0, 0.05) is 24.6 Å². The van der Waals surface area contributed by atoms with E-state index in [9.17, 15) is 9.18 Å². The van der Waals surface area contributed by atoms with Crippen molar-refractivity contribution in [1.82, 2.24) is 20.1 Å². The number of amidine groups is 1. The number of fused-ring (bicyclic) bond motifs is 1. The minimum absolute atomic E-state index is 0.0612. The lowest BCUT2D eigenvalue weighted by Crippen LogP contribution is -2.38. The van der Waals surface area contributed by atoms with Crippen molar-refractivity contribution in [1.29, 1.82) is 0 Å². The predicted octanol–water partition coefficient (Wildman–Crippen LogP) is 3.42. The highest BCUT2D eigenvalue weighted by Gasteiger charge is 2.32. The summed E-state index contributed by atoms with van der Waals surface area (Å²) in [5, 5.41) is 9.15. The highest BCUT2D eigenvalue weighted by molar-refractivity contribution is 5.98. The summed E-state index contributed by atoms with van der Waals surface area (Å²) in [4.78, 5) is 14.0. The molecule has 9 heteroatoms. The second-order valence-corrected chi connectivity index (χ2v) is 8.33. The minimum Gasteiger partial charge on any atom is -0.457 e. The Morgan fingerprint density at radius 2 is 1.88 bits per heavy atom. The number of ether oxygens (including phenoxy) is 1. The molecule has 8 nitrogen and oxygen atoms in total. The topological polar surface area (TPSA) is 97.8 Å². The normalized spacial score (nSPS) is 17.4. The van der Waals surface area contributed by atoms with Gasteiger partial charge in [-0.05, 0) is 67.4 Å². The largest absolute Gasteiger partial charge is 0.457 e. The zero-order valence-corrected chi connectivity index (χ0v) is 18.6. The van der Waals surface area contributed by atoms with E-state index in [0.717, 1.165) is 42.0 Å². The maximum absolute atomic E-state index is 13.1. The van der Waals surface area contributed by atoms with Crippen LogP contribution in [-0.2, 0) is 11.3 Å². The molecule has 1 atom stereocenters. The molecule has 0 unspecified atom stereocenters. The lowest BCUT2D eigenvalue weighted by molar-refractivity contribution is -0.127. The van der Waals surface area contributed by atoms with Crippen molar-refractivity contribution in [2.45, 2.75) is 25.3 Å². The molecule has 2 aromatic carbocycles. The van der Waals surface area contributed by atoms with Crippen molar-refractivity contribution in [3.63, 3.8) is 0 Å². The Labute approximate surface area is 196 Å². The standard InChI is InChI=1S/C25H25FN6O2/c1-2-22(33)31-13-3-4-16(15-31)23-21-14-28-29-25(27)24(21)32(30-23)18-7-11-20(12-8-18)34-19-9-5-17(26)6-10-19/h2,5-12,16,28H,1,3-4,13-15H2,(H2,27,29)/t16-/m0/s1. The Kier molecular flexibility index (Phi) is 5.75. The molecule has 174 valence electrons. The fourth-order valence-electron chi connectivity index (χ4n) is 4.50. The molecule has 0 saturated carbocycles. The molecule has 1 aromatic heterocycles. The van der Waals surface area contributed by atoms with Crippen molar-refractivity contribution in [3.8, 4) is 17.2 Å². The lowest BCUT2D eigenvalue weighted by atomic mass is 9.91. The van der Waals surface area contributed by atoms with E-state index in [-0.39, 0.29) is 17.6 Å². The number of likely N-dealkylation sites (tertiary alicyclic amines) is 1. The van der Waals surface area contributed by atoms with Crippen LogP contribution < -0.4 is 15.9 Å². The summed E-state index contributed by atoms with van der Waals surface area (Å²) in [6.45, 7) is 5.45. The number of hydrogen-bond acceptors (Lipinski definition) is 6. The smallest absolute Gasteiger partial charge is 0.245 e. The number of nitrogens with one attached hydrogen (secondary N) is 1. The average molecular weight is 461 g/mol. The first-order valence-corrected chi connectivity index (χ1v) is 11.2. The Morgan fingerprint density at radius 3 is 2.59 bits per heavy atom. The van der Waals surface area contributed by atoms with Gasteiger partial charge in [-0.3, -0.25) is 4.79 Å². The molecule has 2 aliphatic rings. The number of nitrogens with zero attached hydrogens (tertiary/aromatic N) is 4. The second kappa shape index (κ2) is 9.01. The molecule has 3 heterocycles. The third kappa shape index (κ3) is 4.12. The first kappa shape index (κ1) is 21.7.